The van der Waals surface area contributed by atoms with Crippen LogP contribution in [0.1, 0.15) is 174 Å². The van der Waals surface area contributed by atoms with Crippen LogP contribution in [-0.2, 0) is 32.7 Å². The zero-order valence-electron chi connectivity index (χ0n) is 33.0. The van der Waals surface area contributed by atoms with Crippen LogP contribution < -0.4 is 5.73 Å². The van der Waals surface area contributed by atoms with Crippen LogP contribution in [0.3, 0.4) is 0 Å². The monoisotopic (exact) mass is 754 g/mol. The van der Waals surface area contributed by atoms with Gasteiger partial charge in [0.1, 0.15) is 6.61 Å². The Bertz CT molecular complexity index is 996. The first-order valence-corrected chi connectivity index (χ1v) is 22.1. The van der Waals surface area contributed by atoms with Crippen LogP contribution >= 0.6 is 7.82 Å². The summed E-state index contributed by atoms with van der Waals surface area (Å²) in [6.45, 7) is 3.62. The molecule has 0 heterocycles. The molecule has 0 bridgehead atoms. The Hall–Kier alpha value is -2.03. The van der Waals surface area contributed by atoms with Gasteiger partial charge in [-0.25, -0.2) is 4.57 Å². The lowest BCUT2D eigenvalue weighted by Crippen LogP contribution is -2.29. The zero-order chi connectivity index (χ0) is 38.2. The summed E-state index contributed by atoms with van der Waals surface area (Å²) in [5, 5.41) is 0. The van der Waals surface area contributed by atoms with E-state index < -0.39 is 32.5 Å². The molecule has 10 heteroatoms. The highest BCUT2D eigenvalue weighted by molar-refractivity contribution is 7.47. The Balaban J connectivity index is 4.27. The summed E-state index contributed by atoms with van der Waals surface area (Å²) in [5.74, 6) is -0.900. The summed E-state index contributed by atoms with van der Waals surface area (Å²) in [4.78, 5) is 34.8. The summed E-state index contributed by atoms with van der Waals surface area (Å²) in [5.41, 5.74) is 5.33. The zero-order valence-corrected chi connectivity index (χ0v) is 33.9. The second-order valence-electron chi connectivity index (χ2n) is 13.5. The van der Waals surface area contributed by atoms with Crippen LogP contribution in [0, 0.1) is 0 Å². The fourth-order valence-electron chi connectivity index (χ4n) is 5.34. The van der Waals surface area contributed by atoms with Crippen molar-refractivity contribution in [3.63, 3.8) is 0 Å². The van der Waals surface area contributed by atoms with Gasteiger partial charge in [0, 0.05) is 19.4 Å². The van der Waals surface area contributed by atoms with E-state index in [9.17, 15) is 19.0 Å². The summed E-state index contributed by atoms with van der Waals surface area (Å²) in [6.07, 6.45) is 42.9. The Morgan fingerprint density at radius 1 is 0.577 bits per heavy atom. The Morgan fingerprint density at radius 3 is 1.58 bits per heavy atom. The predicted molar refractivity (Wildman–Crippen MR) is 215 cm³/mol. The van der Waals surface area contributed by atoms with E-state index in [0.29, 0.717) is 12.8 Å². The van der Waals surface area contributed by atoms with Gasteiger partial charge in [0.25, 0.3) is 0 Å². The maximum Gasteiger partial charge on any atom is 0.472 e. The molecule has 9 nitrogen and oxygen atoms in total. The number of rotatable bonds is 38. The minimum absolute atomic E-state index is 0.0444. The highest BCUT2D eigenvalue weighted by atomic mass is 31.2. The van der Waals surface area contributed by atoms with Gasteiger partial charge >= 0.3 is 19.8 Å². The lowest BCUT2D eigenvalue weighted by molar-refractivity contribution is -0.161. The topological polar surface area (TPSA) is 134 Å². The van der Waals surface area contributed by atoms with Crippen LogP contribution in [0.25, 0.3) is 0 Å². The number of carbonyl (C=O) groups is 2. The van der Waals surface area contributed by atoms with Crippen LogP contribution in [0.4, 0.5) is 0 Å². The lowest BCUT2D eigenvalue weighted by Gasteiger charge is -2.19. The first-order chi connectivity index (χ1) is 25.3. The molecule has 0 amide bonds. The number of allylic oxidation sites excluding steroid dienone is 8. The summed E-state index contributed by atoms with van der Waals surface area (Å²) < 4.78 is 32.6. The largest absolute Gasteiger partial charge is 0.472 e. The number of phosphoric acid groups is 1. The van der Waals surface area contributed by atoms with Crippen LogP contribution in [0.15, 0.2) is 48.6 Å². The molecule has 0 saturated carbocycles. The Labute approximate surface area is 317 Å². The highest BCUT2D eigenvalue weighted by Crippen LogP contribution is 2.43. The SMILES string of the molecule is CCCC/C=C/C/C=C/CCCCCCCC(=O)O[C@H](COC(=O)CCC/C=C/C/C=C/CCCCCCCCCCC)COP(=O)(O)OCCN. The standard InChI is InChI=1S/C42H76NO8P/c1-3-5-7-9-11-13-15-17-19-20-21-23-24-26-28-30-32-34-41(44)48-38-40(39-50-52(46,47)49-37-36-43)51-42(45)35-33-31-29-27-25-22-18-16-14-12-10-8-6-4-2/h10,12,16,18,21,23,26,28,40H,3-9,11,13-15,17,19-20,22,24-25,27,29-39,43H2,1-2H3,(H,46,47)/b12-10+,18-16+,23-21+,28-26+/t40-/m1/s1. The number of esters is 2. The van der Waals surface area contributed by atoms with E-state index in [1.807, 2.05) is 0 Å². The first-order valence-electron chi connectivity index (χ1n) is 20.6. The molecule has 0 aliphatic carbocycles. The van der Waals surface area contributed by atoms with Gasteiger partial charge in [-0.2, -0.15) is 0 Å². The van der Waals surface area contributed by atoms with Gasteiger partial charge in [-0.3, -0.25) is 18.6 Å². The van der Waals surface area contributed by atoms with Gasteiger partial charge < -0.3 is 20.1 Å². The van der Waals surface area contributed by atoms with E-state index in [4.69, 9.17) is 24.3 Å². The molecule has 0 aromatic carbocycles. The van der Waals surface area contributed by atoms with Gasteiger partial charge in [-0.05, 0) is 64.2 Å². The third kappa shape index (κ3) is 37.7. The van der Waals surface area contributed by atoms with Crippen molar-refractivity contribution in [1.82, 2.24) is 0 Å². The van der Waals surface area contributed by atoms with E-state index in [1.54, 1.807) is 0 Å². The van der Waals surface area contributed by atoms with Crippen molar-refractivity contribution in [3.8, 4) is 0 Å². The van der Waals surface area contributed by atoms with Gasteiger partial charge in [-0.1, -0.05) is 146 Å². The maximum absolute atomic E-state index is 12.5. The molecule has 0 aliphatic heterocycles. The number of hydrogen-bond donors (Lipinski definition) is 2. The lowest BCUT2D eigenvalue weighted by atomic mass is 10.1. The van der Waals surface area contributed by atoms with Crippen molar-refractivity contribution in [1.29, 1.82) is 0 Å². The molecule has 0 aliphatic rings. The number of unbranched alkanes of at least 4 members (excludes halogenated alkanes) is 17. The summed E-state index contributed by atoms with van der Waals surface area (Å²) in [7, 11) is -4.39. The highest BCUT2D eigenvalue weighted by Gasteiger charge is 2.25. The summed E-state index contributed by atoms with van der Waals surface area (Å²) >= 11 is 0. The molecule has 2 atom stereocenters. The molecule has 0 fully saturated rings. The van der Waals surface area contributed by atoms with Crippen molar-refractivity contribution in [2.24, 2.45) is 5.73 Å². The van der Waals surface area contributed by atoms with E-state index >= 15 is 0 Å². The number of phosphoric ester groups is 1. The fourth-order valence-corrected chi connectivity index (χ4v) is 6.10. The molecule has 0 spiro atoms. The molecule has 1 unspecified atom stereocenters. The van der Waals surface area contributed by atoms with Gasteiger partial charge in [0.05, 0.1) is 13.2 Å². The van der Waals surface area contributed by atoms with Crippen molar-refractivity contribution < 1.29 is 37.6 Å². The second kappa shape index (κ2) is 38.7. The molecule has 302 valence electrons. The van der Waals surface area contributed by atoms with Crippen molar-refractivity contribution in [3.05, 3.63) is 48.6 Å². The maximum atomic E-state index is 12.5. The third-order valence-electron chi connectivity index (χ3n) is 8.44. The van der Waals surface area contributed by atoms with E-state index in [1.165, 1.54) is 70.6 Å². The van der Waals surface area contributed by atoms with Crippen LogP contribution in [0.2, 0.25) is 0 Å². The van der Waals surface area contributed by atoms with Gasteiger partial charge in [0.2, 0.25) is 0 Å². The number of nitrogens with two attached hydrogens (primary N) is 1. The van der Waals surface area contributed by atoms with Crippen LogP contribution in [-0.4, -0.2) is 49.3 Å². The van der Waals surface area contributed by atoms with E-state index in [0.717, 1.165) is 64.2 Å². The number of carbonyl (C=O) groups excluding carboxylic acids is 2. The molecule has 52 heavy (non-hydrogen) atoms. The molecule has 0 radical (unpaired) electrons. The third-order valence-corrected chi connectivity index (χ3v) is 9.42. The molecule has 0 aromatic rings. The molecule has 0 saturated heterocycles. The molecule has 0 aromatic heterocycles. The first kappa shape index (κ1) is 50.0. The van der Waals surface area contributed by atoms with E-state index in [-0.39, 0.29) is 32.6 Å². The Kier molecular flexibility index (Phi) is 37.2. The molecule has 0 rings (SSSR count). The van der Waals surface area contributed by atoms with Crippen molar-refractivity contribution >= 4 is 19.8 Å². The Morgan fingerprint density at radius 2 is 1.04 bits per heavy atom. The number of ether oxygens (including phenoxy) is 2. The molecular weight excluding hydrogens is 677 g/mol. The minimum Gasteiger partial charge on any atom is -0.462 e. The second-order valence-corrected chi connectivity index (χ2v) is 14.9. The van der Waals surface area contributed by atoms with E-state index in [2.05, 4.69) is 62.5 Å². The molecular formula is C42H76NO8P. The smallest absolute Gasteiger partial charge is 0.462 e. The quantitative estimate of drug-likeness (QED) is 0.0273. The fraction of sp³-hybridized carbons (Fsp3) is 0.762. The van der Waals surface area contributed by atoms with Gasteiger partial charge in [-0.15, -0.1) is 0 Å². The summed E-state index contributed by atoms with van der Waals surface area (Å²) in [6, 6.07) is 0. The van der Waals surface area contributed by atoms with Crippen molar-refractivity contribution in [2.45, 2.75) is 180 Å². The normalized spacial score (nSPS) is 13.8. The van der Waals surface area contributed by atoms with Crippen LogP contribution in [0.5, 0.6) is 0 Å². The molecule has 3 N–H and O–H groups in total. The minimum atomic E-state index is -4.39. The van der Waals surface area contributed by atoms with Gasteiger partial charge in [0.15, 0.2) is 6.10 Å². The number of hydrogen-bond acceptors (Lipinski definition) is 8. The van der Waals surface area contributed by atoms with Crippen molar-refractivity contribution in [2.75, 3.05) is 26.4 Å². The average Bonchev–Trinajstić information content (AvgIpc) is 3.13. The average molecular weight is 754 g/mol. The predicted octanol–water partition coefficient (Wildman–Crippen LogP) is 11.6.